The first-order chi connectivity index (χ1) is 1.91. The van der Waals surface area contributed by atoms with Crippen molar-refractivity contribution in [2.45, 2.75) is 0 Å². The Balaban J connectivity index is -0.0000000450. The fraction of sp³-hybridized carbons (Fsp3) is 0. The zero-order valence-corrected chi connectivity index (χ0v) is 6.34. The van der Waals surface area contributed by atoms with Crippen molar-refractivity contribution in [2.24, 2.45) is 0 Å². The number of rotatable bonds is 1. The molecule has 0 aromatic rings. The minimum absolute atomic E-state index is 0. The first-order valence-electron chi connectivity index (χ1n) is 0.901. The van der Waals surface area contributed by atoms with E-state index in [-0.39, 0.29) is 39.7 Å². The van der Waals surface area contributed by atoms with Crippen molar-refractivity contribution in [3.63, 3.8) is 0 Å². The van der Waals surface area contributed by atoms with Gasteiger partial charge < -0.3 is 4.79 Å². The van der Waals surface area contributed by atoms with Crippen LogP contribution in [-0.2, 0) is 44.5 Å². The zero-order chi connectivity index (χ0) is 3.41. The van der Waals surface area contributed by atoms with E-state index in [2.05, 4.69) is 6.58 Å². The molecule has 0 N–H and O–H groups in total. The second-order valence-corrected chi connectivity index (χ2v) is 0.322. The summed E-state index contributed by atoms with van der Waals surface area (Å²) in [5.74, 6) is 0. The molecule has 0 saturated carbocycles. The van der Waals surface area contributed by atoms with E-state index >= 15 is 0 Å². The molecule has 0 radical (unpaired) electrons. The third-order valence-corrected chi connectivity index (χ3v) is 0.0833. The number of carbonyl (C=O) groups excluding carboxylic acids is 1. The Morgan fingerprint density at radius 1 is 1.67 bits per heavy atom. The predicted molar refractivity (Wildman–Crippen MR) is 15.9 cm³/mol. The van der Waals surface area contributed by atoms with Crippen LogP contribution in [-0.4, -0.2) is 6.29 Å². The Morgan fingerprint density at radius 3 is 1.83 bits per heavy atom. The zero-order valence-electron chi connectivity index (χ0n) is 2.90. The molecule has 0 amide bonds. The second kappa shape index (κ2) is 17.3. The van der Waals surface area contributed by atoms with E-state index < -0.39 is 0 Å². The molecule has 0 bridgehead atoms. The third kappa shape index (κ3) is 22.4. The van der Waals surface area contributed by atoms with Gasteiger partial charge in [-0.1, -0.05) is 0 Å². The second-order valence-electron chi connectivity index (χ2n) is 0.322. The molecule has 0 rings (SSSR count). The normalized spacial score (nSPS) is 3.33. The number of hydrogen-bond donors (Lipinski definition) is 0. The quantitative estimate of drug-likeness (QED) is 0.386. The SMILES string of the molecule is C=C[C-]=O.[Au+].[Cr]. The standard InChI is InChI=1S/C3H3O.Au.Cr/c1-2-3-4;;/h2H,1H2;;/q-1;+1;. The van der Waals surface area contributed by atoms with E-state index in [4.69, 9.17) is 4.79 Å². The van der Waals surface area contributed by atoms with Crippen LogP contribution in [0.25, 0.3) is 0 Å². The molecule has 38 valence electrons. The number of allylic oxidation sites excluding steroid dienone is 1. The summed E-state index contributed by atoms with van der Waals surface area (Å²) in [7, 11) is 0. The molecule has 3 heteroatoms. The molecular weight excluding hydrogens is 301 g/mol. The molecule has 0 spiro atoms. The molecule has 0 aromatic carbocycles. The van der Waals surface area contributed by atoms with Gasteiger partial charge in [-0.2, -0.15) is 0 Å². The van der Waals surface area contributed by atoms with Crippen molar-refractivity contribution < 1.29 is 44.5 Å². The Labute approximate surface area is 63.4 Å². The molecule has 0 aromatic heterocycles. The van der Waals surface area contributed by atoms with Crippen LogP contribution < -0.4 is 0 Å². The summed E-state index contributed by atoms with van der Waals surface area (Å²) in [5, 5.41) is 0. The molecule has 0 aliphatic heterocycles. The van der Waals surface area contributed by atoms with Crippen molar-refractivity contribution in [3.8, 4) is 0 Å². The van der Waals surface area contributed by atoms with Crippen LogP contribution in [0.4, 0.5) is 0 Å². The summed E-state index contributed by atoms with van der Waals surface area (Å²) < 4.78 is 0. The summed E-state index contributed by atoms with van der Waals surface area (Å²) in [4.78, 5) is 8.93. The molecule has 0 aliphatic carbocycles. The maximum atomic E-state index is 8.93. The molecule has 0 aliphatic rings. The number of hydrogen-bond acceptors (Lipinski definition) is 1. The predicted octanol–water partition coefficient (Wildman–Crippen LogP) is 0.277. The average Bonchev–Trinajstić information content (AvgIpc) is 1.37. The minimum Gasteiger partial charge on any atom is -0.419 e. The van der Waals surface area contributed by atoms with Crippen LogP contribution in [0.2, 0.25) is 0 Å². The maximum Gasteiger partial charge on any atom is 1.00 e. The van der Waals surface area contributed by atoms with Crippen molar-refractivity contribution >= 4 is 6.29 Å². The van der Waals surface area contributed by atoms with Gasteiger partial charge in [0.2, 0.25) is 0 Å². The van der Waals surface area contributed by atoms with E-state index in [1.165, 1.54) is 6.29 Å². The van der Waals surface area contributed by atoms with Gasteiger partial charge in [-0.25, -0.2) is 12.7 Å². The van der Waals surface area contributed by atoms with Crippen molar-refractivity contribution in [1.29, 1.82) is 0 Å². The van der Waals surface area contributed by atoms with Gasteiger partial charge in [-0.05, 0) is 6.29 Å². The molecule has 0 fully saturated rings. The van der Waals surface area contributed by atoms with E-state index in [1.807, 2.05) is 0 Å². The van der Waals surface area contributed by atoms with E-state index in [1.54, 1.807) is 0 Å². The summed E-state index contributed by atoms with van der Waals surface area (Å²) in [6.07, 6.45) is 2.51. The Morgan fingerprint density at radius 2 is 1.83 bits per heavy atom. The van der Waals surface area contributed by atoms with Gasteiger partial charge in [-0.15, -0.1) is 0 Å². The van der Waals surface area contributed by atoms with E-state index in [0.29, 0.717) is 0 Å². The van der Waals surface area contributed by atoms with Crippen LogP contribution in [0.1, 0.15) is 0 Å². The van der Waals surface area contributed by atoms with Crippen LogP contribution in [0.15, 0.2) is 12.7 Å². The molecule has 1 nitrogen and oxygen atoms in total. The monoisotopic (exact) mass is 304 g/mol. The van der Waals surface area contributed by atoms with Crippen LogP contribution in [0, 0.1) is 0 Å². The summed E-state index contributed by atoms with van der Waals surface area (Å²) >= 11 is 0. The molecule has 0 saturated heterocycles. The van der Waals surface area contributed by atoms with Crippen LogP contribution >= 0.6 is 0 Å². The largest absolute Gasteiger partial charge is 1.00 e. The molecule has 0 unspecified atom stereocenters. The summed E-state index contributed by atoms with van der Waals surface area (Å²) in [6, 6.07) is 0. The maximum absolute atomic E-state index is 8.93. The summed E-state index contributed by atoms with van der Waals surface area (Å²) in [5.41, 5.74) is 0. The van der Waals surface area contributed by atoms with Gasteiger partial charge >= 0.3 is 22.4 Å². The average molecular weight is 304 g/mol. The van der Waals surface area contributed by atoms with Crippen LogP contribution in [0.3, 0.4) is 0 Å². The third-order valence-electron chi connectivity index (χ3n) is 0.0833. The van der Waals surface area contributed by atoms with Crippen LogP contribution in [0.5, 0.6) is 0 Å². The topological polar surface area (TPSA) is 17.1 Å². The van der Waals surface area contributed by atoms with Crippen molar-refractivity contribution in [3.05, 3.63) is 12.7 Å². The summed E-state index contributed by atoms with van der Waals surface area (Å²) in [6.45, 7) is 3.06. The van der Waals surface area contributed by atoms with Gasteiger partial charge in [-0.3, -0.25) is 0 Å². The molecule has 6 heavy (non-hydrogen) atoms. The van der Waals surface area contributed by atoms with Gasteiger partial charge in [0.25, 0.3) is 0 Å². The minimum atomic E-state index is 0. The Kier molecular flexibility index (Phi) is 45.9. The van der Waals surface area contributed by atoms with Gasteiger partial charge in [0, 0.05) is 17.4 Å². The van der Waals surface area contributed by atoms with Crippen molar-refractivity contribution in [1.82, 2.24) is 0 Å². The first-order valence-corrected chi connectivity index (χ1v) is 0.901. The van der Waals surface area contributed by atoms with Crippen molar-refractivity contribution in [2.75, 3.05) is 0 Å². The van der Waals surface area contributed by atoms with Gasteiger partial charge in [0.15, 0.2) is 0 Å². The smallest absolute Gasteiger partial charge is 0.419 e. The molecule has 0 atom stereocenters. The Bertz CT molecular complexity index is 31.8. The Hall–Kier alpha value is 0.683. The molecular formula is C3H3AuCrO. The first kappa shape index (κ1) is 15.9. The van der Waals surface area contributed by atoms with Gasteiger partial charge in [0.05, 0.1) is 0 Å². The van der Waals surface area contributed by atoms with E-state index in [0.717, 1.165) is 6.08 Å². The fourth-order valence-corrected chi connectivity index (χ4v) is 0. The van der Waals surface area contributed by atoms with Gasteiger partial charge in [0.1, 0.15) is 0 Å². The fourth-order valence-electron chi connectivity index (χ4n) is 0. The molecule has 0 heterocycles. The van der Waals surface area contributed by atoms with E-state index in [9.17, 15) is 0 Å².